The highest BCUT2D eigenvalue weighted by Crippen LogP contribution is 2.23. The van der Waals surface area contributed by atoms with Gasteiger partial charge in [-0.05, 0) is 69.0 Å². The summed E-state index contributed by atoms with van der Waals surface area (Å²) in [5, 5.41) is 0. The lowest BCUT2D eigenvalue weighted by atomic mass is 9.94. The first kappa shape index (κ1) is 18.3. The third-order valence-corrected chi connectivity index (χ3v) is 7.01. The van der Waals surface area contributed by atoms with Crippen molar-refractivity contribution >= 4 is 26.0 Å². The molecule has 2 aliphatic heterocycles. The lowest BCUT2D eigenvalue weighted by Gasteiger charge is -2.39. The standard InChI is InChI=1S/C17H25BrN2O3S/c18-15-1-3-17(4-2-15)24(21,22)19-13-14-5-9-20(10-6-14)16-7-11-23-12-8-16/h1-4,14,16,19H,5-13H2. The molecule has 0 aliphatic carbocycles. The van der Waals surface area contributed by atoms with Crippen LogP contribution in [0.4, 0.5) is 0 Å². The molecule has 2 aliphatic rings. The monoisotopic (exact) mass is 416 g/mol. The van der Waals surface area contributed by atoms with Gasteiger partial charge in [0.05, 0.1) is 4.90 Å². The quantitative estimate of drug-likeness (QED) is 0.801. The van der Waals surface area contributed by atoms with Crippen LogP contribution in [0.2, 0.25) is 0 Å². The molecule has 1 aromatic carbocycles. The molecular weight excluding hydrogens is 392 g/mol. The highest BCUT2D eigenvalue weighted by Gasteiger charge is 2.27. The van der Waals surface area contributed by atoms with E-state index >= 15 is 0 Å². The lowest BCUT2D eigenvalue weighted by molar-refractivity contribution is 0.0214. The van der Waals surface area contributed by atoms with Crippen molar-refractivity contribution < 1.29 is 13.2 Å². The molecule has 24 heavy (non-hydrogen) atoms. The number of nitrogens with one attached hydrogen (secondary N) is 1. The van der Waals surface area contributed by atoms with Gasteiger partial charge in [0.25, 0.3) is 0 Å². The summed E-state index contributed by atoms with van der Waals surface area (Å²) in [5.74, 6) is 0.423. The van der Waals surface area contributed by atoms with E-state index in [1.165, 1.54) is 0 Å². The zero-order valence-electron chi connectivity index (χ0n) is 13.8. The molecule has 3 rings (SSSR count). The van der Waals surface area contributed by atoms with Crippen LogP contribution < -0.4 is 4.72 Å². The number of hydrogen-bond acceptors (Lipinski definition) is 4. The fourth-order valence-electron chi connectivity index (χ4n) is 3.50. The number of hydrogen-bond donors (Lipinski definition) is 1. The second kappa shape index (κ2) is 8.27. The van der Waals surface area contributed by atoms with Gasteiger partial charge in [0.2, 0.25) is 10.0 Å². The molecule has 0 atom stereocenters. The van der Waals surface area contributed by atoms with E-state index in [1.807, 2.05) is 0 Å². The van der Waals surface area contributed by atoms with Crippen molar-refractivity contribution in [3.05, 3.63) is 28.7 Å². The summed E-state index contributed by atoms with van der Waals surface area (Å²) < 4.78 is 33.8. The van der Waals surface area contributed by atoms with E-state index in [-0.39, 0.29) is 0 Å². The number of ether oxygens (including phenoxy) is 1. The molecule has 5 nitrogen and oxygen atoms in total. The number of sulfonamides is 1. The number of benzene rings is 1. The average molecular weight is 417 g/mol. The smallest absolute Gasteiger partial charge is 0.240 e. The van der Waals surface area contributed by atoms with Crippen molar-refractivity contribution in [2.45, 2.75) is 36.6 Å². The van der Waals surface area contributed by atoms with Gasteiger partial charge in [-0.1, -0.05) is 15.9 Å². The van der Waals surface area contributed by atoms with Crippen LogP contribution in [0.25, 0.3) is 0 Å². The molecule has 0 radical (unpaired) electrons. The normalized spacial score (nSPS) is 21.9. The molecule has 0 amide bonds. The first-order valence-electron chi connectivity index (χ1n) is 8.61. The van der Waals surface area contributed by atoms with E-state index in [1.54, 1.807) is 24.3 Å². The van der Waals surface area contributed by atoms with Crippen molar-refractivity contribution in [1.29, 1.82) is 0 Å². The first-order valence-corrected chi connectivity index (χ1v) is 10.9. The topological polar surface area (TPSA) is 58.6 Å². The van der Waals surface area contributed by atoms with Crippen LogP contribution >= 0.6 is 15.9 Å². The van der Waals surface area contributed by atoms with Crippen molar-refractivity contribution in [2.75, 3.05) is 32.8 Å². The SMILES string of the molecule is O=S(=O)(NCC1CCN(C2CCOCC2)CC1)c1ccc(Br)cc1. The largest absolute Gasteiger partial charge is 0.381 e. The van der Waals surface area contributed by atoms with Gasteiger partial charge >= 0.3 is 0 Å². The van der Waals surface area contributed by atoms with Crippen LogP contribution in [0.5, 0.6) is 0 Å². The summed E-state index contributed by atoms with van der Waals surface area (Å²) in [6.07, 6.45) is 4.36. The minimum absolute atomic E-state index is 0.324. The molecule has 2 heterocycles. The molecule has 1 N–H and O–H groups in total. The lowest BCUT2D eigenvalue weighted by Crippen LogP contribution is -2.45. The Morgan fingerprint density at radius 3 is 2.33 bits per heavy atom. The maximum atomic E-state index is 12.3. The third-order valence-electron chi connectivity index (χ3n) is 5.04. The minimum Gasteiger partial charge on any atom is -0.381 e. The van der Waals surface area contributed by atoms with Gasteiger partial charge in [-0.15, -0.1) is 0 Å². The van der Waals surface area contributed by atoms with Gasteiger partial charge in [0.1, 0.15) is 0 Å². The zero-order chi connectivity index (χ0) is 17.0. The molecule has 7 heteroatoms. The minimum atomic E-state index is -3.41. The summed E-state index contributed by atoms with van der Waals surface area (Å²) in [4.78, 5) is 2.88. The Morgan fingerprint density at radius 1 is 1.08 bits per heavy atom. The molecule has 1 aromatic rings. The number of rotatable bonds is 5. The van der Waals surface area contributed by atoms with Crippen LogP contribution in [0.1, 0.15) is 25.7 Å². The summed E-state index contributed by atoms with van der Waals surface area (Å²) in [7, 11) is -3.41. The Labute approximate surface area is 152 Å². The second-order valence-corrected chi connectivity index (χ2v) is 9.31. The maximum absolute atomic E-state index is 12.3. The highest BCUT2D eigenvalue weighted by atomic mass is 79.9. The zero-order valence-corrected chi connectivity index (χ0v) is 16.2. The summed E-state index contributed by atoms with van der Waals surface area (Å²) in [5.41, 5.74) is 0. The van der Waals surface area contributed by atoms with E-state index in [2.05, 4.69) is 25.6 Å². The van der Waals surface area contributed by atoms with Crippen LogP contribution in [0.15, 0.2) is 33.6 Å². The van der Waals surface area contributed by atoms with Gasteiger partial charge in [-0.2, -0.15) is 0 Å². The summed E-state index contributed by atoms with van der Waals surface area (Å²) in [6, 6.07) is 7.40. The molecule has 0 bridgehead atoms. The van der Waals surface area contributed by atoms with Gasteiger partial charge in [-0.25, -0.2) is 13.1 Å². The predicted molar refractivity (Wildman–Crippen MR) is 97.5 cm³/mol. The van der Waals surface area contributed by atoms with E-state index in [9.17, 15) is 8.42 Å². The summed E-state index contributed by atoms with van der Waals surface area (Å²) in [6.45, 7) is 4.40. The number of likely N-dealkylation sites (tertiary alicyclic amines) is 1. The Morgan fingerprint density at radius 2 is 1.71 bits per heavy atom. The van der Waals surface area contributed by atoms with Crippen molar-refractivity contribution in [1.82, 2.24) is 9.62 Å². The molecule has 2 fully saturated rings. The highest BCUT2D eigenvalue weighted by molar-refractivity contribution is 9.10. The van der Waals surface area contributed by atoms with Crippen molar-refractivity contribution in [3.8, 4) is 0 Å². The van der Waals surface area contributed by atoms with E-state index in [0.717, 1.165) is 56.5 Å². The molecule has 0 spiro atoms. The van der Waals surface area contributed by atoms with Gasteiger partial charge in [-0.3, -0.25) is 0 Å². The summed E-state index contributed by atoms with van der Waals surface area (Å²) >= 11 is 3.32. The van der Waals surface area contributed by atoms with Crippen molar-refractivity contribution in [2.24, 2.45) is 5.92 Å². The fraction of sp³-hybridized carbons (Fsp3) is 0.647. The Bertz CT molecular complexity index is 622. The average Bonchev–Trinajstić information content (AvgIpc) is 2.62. The number of halogens is 1. The second-order valence-electron chi connectivity index (χ2n) is 6.63. The first-order chi connectivity index (χ1) is 11.5. The molecule has 134 valence electrons. The van der Waals surface area contributed by atoms with Gasteiger partial charge in [0, 0.05) is 30.3 Å². The molecule has 0 unspecified atom stereocenters. The molecule has 0 aromatic heterocycles. The van der Waals surface area contributed by atoms with Crippen LogP contribution in [-0.2, 0) is 14.8 Å². The Kier molecular flexibility index (Phi) is 6.32. The van der Waals surface area contributed by atoms with Crippen molar-refractivity contribution in [3.63, 3.8) is 0 Å². The van der Waals surface area contributed by atoms with E-state index < -0.39 is 10.0 Å². The third kappa shape index (κ3) is 4.79. The van der Waals surface area contributed by atoms with Gasteiger partial charge < -0.3 is 9.64 Å². The number of nitrogens with zero attached hydrogens (tertiary/aromatic N) is 1. The van der Waals surface area contributed by atoms with Crippen LogP contribution in [-0.4, -0.2) is 52.2 Å². The molecule has 0 saturated carbocycles. The van der Waals surface area contributed by atoms with Gasteiger partial charge in [0.15, 0.2) is 0 Å². The molecule has 2 saturated heterocycles. The maximum Gasteiger partial charge on any atom is 0.240 e. The fourth-order valence-corrected chi connectivity index (χ4v) is 4.88. The predicted octanol–water partition coefficient (Wildman–Crippen LogP) is 2.62. The number of piperidine rings is 1. The van der Waals surface area contributed by atoms with Crippen LogP contribution in [0, 0.1) is 5.92 Å². The van der Waals surface area contributed by atoms with E-state index in [4.69, 9.17) is 4.74 Å². The Balaban J connectivity index is 1.46. The van der Waals surface area contributed by atoms with E-state index in [0.29, 0.717) is 23.4 Å². The molecular formula is C17H25BrN2O3S. The Hall–Kier alpha value is -0.470. The van der Waals surface area contributed by atoms with Crippen LogP contribution in [0.3, 0.4) is 0 Å².